The van der Waals surface area contributed by atoms with Gasteiger partial charge in [-0.25, -0.2) is 0 Å². The predicted octanol–water partition coefficient (Wildman–Crippen LogP) is 5.85. The van der Waals surface area contributed by atoms with Gasteiger partial charge in [0.15, 0.2) is 0 Å². The Morgan fingerprint density at radius 2 is 1.89 bits per heavy atom. The Balaban J connectivity index is 1.75. The van der Waals surface area contributed by atoms with Crippen LogP contribution in [-0.2, 0) is 9.59 Å². The zero-order chi connectivity index (χ0) is 25.4. The van der Waals surface area contributed by atoms with Crippen LogP contribution in [0.1, 0.15) is 24.1 Å². The number of amides is 1. The molecule has 2 heterocycles. The maximum absolute atomic E-state index is 13.5. The van der Waals surface area contributed by atoms with Crippen LogP contribution in [0.2, 0.25) is 5.02 Å². The summed E-state index contributed by atoms with van der Waals surface area (Å²) in [5, 5.41) is 12.5. The molecule has 0 radical (unpaired) electrons. The topological polar surface area (TPSA) is 91.9 Å². The first-order chi connectivity index (χ1) is 17.4. The van der Waals surface area contributed by atoms with Gasteiger partial charge < -0.3 is 19.6 Å². The van der Waals surface area contributed by atoms with Gasteiger partial charge in [-0.05, 0) is 43.3 Å². The molecule has 1 aliphatic rings. The number of fused-ring (bicyclic) bond motifs is 1. The number of para-hydroxylation sites is 1. The minimum absolute atomic E-state index is 0.0344. The van der Waals surface area contributed by atoms with Crippen molar-refractivity contribution in [1.29, 1.82) is 0 Å². The number of ether oxygens (including phenoxy) is 2. The number of aliphatic hydroxyl groups excluding tert-OH is 1. The molecule has 1 atom stereocenters. The highest BCUT2D eigenvalue weighted by molar-refractivity contribution is 6.52. The fraction of sp³-hybridized carbons (Fsp3) is 0.143. The fourth-order valence-corrected chi connectivity index (χ4v) is 4.83. The van der Waals surface area contributed by atoms with E-state index < -0.39 is 17.7 Å². The summed E-state index contributed by atoms with van der Waals surface area (Å²) < 4.78 is 10.8. The van der Waals surface area contributed by atoms with Crippen molar-refractivity contribution in [2.45, 2.75) is 13.0 Å². The third-order valence-electron chi connectivity index (χ3n) is 6.19. The molecule has 0 saturated carbocycles. The van der Waals surface area contributed by atoms with Gasteiger partial charge in [0.1, 0.15) is 17.3 Å². The summed E-state index contributed by atoms with van der Waals surface area (Å²) in [6.45, 7) is 2.32. The second-order valence-electron chi connectivity index (χ2n) is 8.24. The van der Waals surface area contributed by atoms with E-state index in [0.29, 0.717) is 34.9 Å². The van der Waals surface area contributed by atoms with Crippen molar-refractivity contribution in [1.82, 2.24) is 4.98 Å². The molecule has 5 rings (SSSR count). The van der Waals surface area contributed by atoms with Crippen molar-refractivity contribution in [2.75, 3.05) is 18.6 Å². The minimum atomic E-state index is -0.890. The van der Waals surface area contributed by atoms with Crippen LogP contribution in [0, 0.1) is 0 Å². The molecule has 1 unspecified atom stereocenters. The van der Waals surface area contributed by atoms with Gasteiger partial charge in [-0.3, -0.25) is 14.5 Å². The number of nitrogens with one attached hydrogen (secondary N) is 1. The second kappa shape index (κ2) is 9.43. The number of ketones is 1. The molecule has 4 aromatic rings. The van der Waals surface area contributed by atoms with Crippen molar-refractivity contribution in [2.24, 2.45) is 0 Å². The van der Waals surface area contributed by atoms with Crippen LogP contribution in [-0.4, -0.2) is 35.5 Å². The van der Waals surface area contributed by atoms with E-state index in [1.54, 1.807) is 42.6 Å². The zero-order valence-electron chi connectivity index (χ0n) is 19.6. The SMILES string of the molecule is CCOc1cccc(N2C(=O)C(=O)/C(=C(/O)c3ccc(OC)c(Cl)c3)C2c2c[nH]c3ccccc23)c1. The standard InChI is InChI=1S/C28H23ClN2O5/c1-3-36-18-8-6-7-17(14-18)31-25(20-15-30-22-10-5-4-9-19(20)22)24(27(33)28(31)34)26(32)16-11-12-23(35-2)21(29)13-16/h4-15,25,30,32H,3H2,1-2H3/b26-24+. The summed E-state index contributed by atoms with van der Waals surface area (Å²) >= 11 is 6.29. The lowest BCUT2D eigenvalue weighted by molar-refractivity contribution is -0.132. The molecule has 1 amide bonds. The van der Waals surface area contributed by atoms with E-state index in [-0.39, 0.29) is 16.4 Å². The Bertz CT molecular complexity index is 1520. The highest BCUT2D eigenvalue weighted by Gasteiger charge is 2.47. The number of aromatic nitrogens is 1. The molecular formula is C28H23ClN2O5. The molecule has 3 aromatic carbocycles. The molecule has 8 heteroatoms. The van der Waals surface area contributed by atoms with E-state index in [0.717, 1.165) is 10.9 Å². The fourth-order valence-electron chi connectivity index (χ4n) is 4.57. The molecule has 2 N–H and O–H groups in total. The van der Waals surface area contributed by atoms with Crippen molar-refractivity contribution in [3.05, 3.63) is 94.6 Å². The number of nitrogens with zero attached hydrogens (tertiary/aromatic N) is 1. The van der Waals surface area contributed by atoms with Gasteiger partial charge in [0, 0.05) is 40.0 Å². The Labute approximate surface area is 212 Å². The molecule has 0 bridgehead atoms. The average molecular weight is 503 g/mol. The van der Waals surface area contributed by atoms with Crippen LogP contribution in [0.25, 0.3) is 16.7 Å². The number of rotatable bonds is 6. The number of benzene rings is 3. The van der Waals surface area contributed by atoms with Crippen LogP contribution < -0.4 is 14.4 Å². The second-order valence-corrected chi connectivity index (χ2v) is 8.65. The van der Waals surface area contributed by atoms with E-state index in [9.17, 15) is 14.7 Å². The Kier molecular flexibility index (Phi) is 6.16. The third kappa shape index (κ3) is 3.87. The number of Topliss-reactive ketones (excluding diaryl/α,β-unsaturated/α-hetero) is 1. The van der Waals surface area contributed by atoms with Gasteiger partial charge in [-0.2, -0.15) is 0 Å². The predicted molar refractivity (Wildman–Crippen MR) is 139 cm³/mol. The van der Waals surface area contributed by atoms with Gasteiger partial charge in [0.05, 0.1) is 30.4 Å². The molecule has 1 fully saturated rings. The normalized spacial score (nSPS) is 17.1. The van der Waals surface area contributed by atoms with E-state index in [1.165, 1.54) is 18.1 Å². The smallest absolute Gasteiger partial charge is 0.300 e. The van der Waals surface area contributed by atoms with Crippen LogP contribution in [0.5, 0.6) is 11.5 Å². The molecule has 0 aliphatic carbocycles. The van der Waals surface area contributed by atoms with Crippen molar-refractivity contribution in [3.8, 4) is 11.5 Å². The average Bonchev–Trinajstić information content (AvgIpc) is 3.42. The minimum Gasteiger partial charge on any atom is -0.507 e. The van der Waals surface area contributed by atoms with E-state index in [1.807, 2.05) is 31.2 Å². The number of aromatic amines is 1. The number of halogens is 1. The lowest BCUT2D eigenvalue weighted by Crippen LogP contribution is -2.29. The summed E-state index contributed by atoms with van der Waals surface area (Å²) in [5.41, 5.74) is 2.26. The Hall–Kier alpha value is -4.23. The third-order valence-corrected chi connectivity index (χ3v) is 6.49. The first kappa shape index (κ1) is 23.5. The number of hydrogen-bond donors (Lipinski definition) is 2. The molecule has 1 aromatic heterocycles. The molecule has 36 heavy (non-hydrogen) atoms. The van der Waals surface area contributed by atoms with Gasteiger partial charge in [-0.1, -0.05) is 35.9 Å². The van der Waals surface area contributed by atoms with Gasteiger partial charge in [0.25, 0.3) is 11.7 Å². The maximum Gasteiger partial charge on any atom is 0.300 e. The largest absolute Gasteiger partial charge is 0.507 e. The van der Waals surface area contributed by atoms with E-state index >= 15 is 0 Å². The number of carbonyl (C=O) groups excluding carboxylic acids is 2. The first-order valence-electron chi connectivity index (χ1n) is 11.4. The number of carbonyl (C=O) groups is 2. The quantitative estimate of drug-likeness (QED) is 0.196. The van der Waals surface area contributed by atoms with Crippen LogP contribution in [0.4, 0.5) is 5.69 Å². The number of methoxy groups -OCH3 is 1. The van der Waals surface area contributed by atoms with E-state index in [2.05, 4.69) is 4.98 Å². The molecule has 7 nitrogen and oxygen atoms in total. The highest BCUT2D eigenvalue weighted by atomic mass is 35.5. The number of anilines is 1. The van der Waals surface area contributed by atoms with Crippen molar-refractivity contribution in [3.63, 3.8) is 0 Å². The summed E-state index contributed by atoms with van der Waals surface area (Å²) in [4.78, 5) is 31.5. The summed E-state index contributed by atoms with van der Waals surface area (Å²) in [5.74, 6) is -0.876. The van der Waals surface area contributed by atoms with Gasteiger partial charge in [0.2, 0.25) is 0 Å². The zero-order valence-corrected chi connectivity index (χ0v) is 20.4. The lowest BCUT2D eigenvalue weighted by Gasteiger charge is -2.25. The van der Waals surface area contributed by atoms with Crippen LogP contribution in [0.15, 0.2) is 78.5 Å². The van der Waals surface area contributed by atoms with Gasteiger partial charge >= 0.3 is 0 Å². The van der Waals surface area contributed by atoms with Crippen molar-refractivity contribution >= 4 is 45.6 Å². The molecular weight excluding hydrogens is 480 g/mol. The summed E-state index contributed by atoms with van der Waals surface area (Å²) in [6.07, 6.45) is 1.76. The molecule has 182 valence electrons. The summed E-state index contributed by atoms with van der Waals surface area (Å²) in [7, 11) is 1.49. The van der Waals surface area contributed by atoms with Crippen LogP contribution in [0.3, 0.4) is 0 Å². The highest BCUT2D eigenvalue weighted by Crippen LogP contribution is 2.45. The molecule has 0 spiro atoms. The molecule has 1 saturated heterocycles. The Morgan fingerprint density at radius 3 is 2.64 bits per heavy atom. The first-order valence-corrected chi connectivity index (χ1v) is 11.8. The van der Waals surface area contributed by atoms with Crippen molar-refractivity contribution < 1.29 is 24.2 Å². The van der Waals surface area contributed by atoms with E-state index in [4.69, 9.17) is 21.1 Å². The van der Waals surface area contributed by atoms with Gasteiger partial charge in [-0.15, -0.1) is 0 Å². The molecule has 1 aliphatic heterocycles. The number of aliphatic hydroxyl groups is 1. The summed E-state index contributed by atoms with van der Waals surface area (Å²) in [6, 6.07) is 18.4. The maximum atomic E-state index is 13.5. The number of H-pyrrole nitrogens is 1. The Morgan fingerprint density at radius 1 is 1.08 bits per heavy atom. The van der Waals surface area contributed by atoms with Crippen LogP contribution >= 0.6 is 11.6 Å². The monoisotopic (exact) mass is 502 g/mol. The number of hydrogen-bond acceptors (Lipinski definition) is 5. The lowest BCUT2D eigenvalue weighted by atomic mass is 9.94.